The summed E-state index contributed by atoms with van der Waals surface area (Å²) in [6.45, 7) is 0.309. The normalized spacial score (nSPS) is 12.7. The van der Waals surface area contributed by atoms with Gasteiger partial charge in [-0.1, -0.05) is 30.3 Å². The minimum atomic E-state index is -0.901. The molecule has 28 heavy (non-hydrogen) atoms. The Kier molecular flexibility index (Phi) is 4.48. The Morgan fingerprint density at radius 2 is 1.71 bits per heavy atom. The Labute approximate surface area is 158 Å². The van der Waals surface area contributed by atoms with Crippen LogP contribution in [0.15, 0.2) is 64.2 Å². The number of halogens is 1. The zero-order valence-corrected chi connectivity index (χ0v) is 14.7. The van der Waals surface area contributed by atoms with Crippen LogP contribution in [0.3, 0.4) is 0 Å². The van der Waals surface area contributed by atoms with Crippen molar-refractivity contribution in [2.24, 2.45) is 0 Å². The van der Waals surface area contributed by atoms with Crippen molar-refractivity contribution < 1.29 is 9.18 Å². The van der Waals surface area contributed by atoms with Crippen LogP contribution in [0.4, 0.5) is 21.7 Å². The van der Waals surface area contributed by atoms with Crippen LogP contribution in [0.25, 0.3) is 0 Å². The number of rotatable bonds is 4. The van der Waals surface area contributed by atoms with Crippen molar-refractivity contribution in [2.75, 3.05) is 16.8 Å². The van der Waals surface area contributed by atoms with Crippen LogP contribution < -0.4 is 21.3 Å². The highest BCUT2D eigenvalue weighted by Gasteiger charge is 2.26. The Balaban J connectivity index is 1.65. The summed E-state index contributed by atoms with van der Waals surface area (Å²) in [5, 5.41) is 6.59. The van der Waals surface area contributed by atoms with Gasteiger partial charge in [-0.3, -0.25) is 19.0 Å². The van der Waals surface area contributed by atoms with Gasteiger partial charge in [-0.25, -0.2) is 9.07 Å². The molecule has 0 fully saturated rings. The van der Waals surface area contributed by atoms with Crippen LogP contribution in [0.5, 0.6) is 0 Å². The van der Waals surface area contributed by atoms with E-state index in [9.17, 15) is 18.8 Å². The molecule has 4 rings (SSSR count). The average Bonchev–Trinajstić information content (AvgIpc) is 3.12. The van der Waals surface area contributed by atoms with Gasteiger partial charge in [-0.2, -0.15) is 0 Å². The SMILES string of the molecule is O=C(Cn1nc2n(c(=O)c1=O)CCN2c1ccccc1)Nc1ccccc1F. The average molecular weight is 381 g/mol. The Morgan fingerprint density at radius 1 is 1.00 bits per heavy atom. The van der Waals surface area contributed by atoms with Crippen molar-refractivity contribution in [2.45, 2.75) is 13.1 Å². The first-order chi connectivity index (χ1) is 13.5. The molecule has 1 amide bonds. The van der Waals surface area contributed by atoms with E-state index in [1.807, 2.05) is 30.3 Å². The van der Waals surface area contributed by atoms with Gasteiger partial charge in [0.05, 0.1) is 5.69 Å². The molecule has 0 atom stereocenters. The Bertz CT molecular complexity index is 1160. The van der Waals surface area contributed by atoms with Crippen LogP contribution in [0.1, 0.15) is 0 Å². The second-order valence-corrected chi connectivity index (χ2v) is 6.23. The zero-order chi connectivity index (χ0) is 19.7. The summed E-state index contributed by atoms with van der Waals surface area (Å²) >= 11 is 0. The molecule has 9 heteroatoms. The van der Waals surface area contributed by atoms with Crippen LogP contribution >= 0.6 is 0 Å². The van der Waals surface area contributed by atoms with Crippen molar-refractivity contribution in [3.8, 4) is 0 Å². The molecular formula is C19H16FN5O3. The molecule has 0 saturated heterocycles. The summed E-state index contributed by atoms with van der Waals surface area (Å²) in [5.41, 5.74) is -0.838. The summed E-state index contributed by atoms with van der Waals surface area (Å²) in [5.74, 6) is -0.969. The molecule has 2 aromatic carbocycles. The highest BCUT2D eigenvalue weighted by molar-refractivity contribution is 5.90. The topological polar surface area (TPSA) is 89.2 Å². The smallest absolute Gasteiger partial charge is 0.322 e. The maximum Gasteiger partial charge on any atom is 0.333 e. The summed E-state index contributed by atoms with van der Waals surface area (Å²) in [7, 11) is 0. The quantitative estimate of drug-likeness (QED) is 0.689. The highest BCUT2D eigenvalue weighted by atomic mass is 19.1. The molecule has 0 saturated carbocycles. The third-order valence-electron chi connectivity index (χ3n) is 4.41. The van der Waals surface area contributed by atoms with E-state index in [0.29, 0.717) is 13.1 Å². The number of nitrogens with one attached hydrogen (secondary N) is 1. The molecular weight excluding hydrogens is 365 g/mol. The maximum atomic E-state index is 13.7. The second kappa shape index (κ2) is 7.10. The van der Waals surface area contributed by atoms with Crippen molar-refractivity contribution in [3.05, 3.63) is 81.1 Å². The number of para-hydroxylation sites is 2. The van der Waals surface area contributed by atoms with Gasteiger partial charge < -0.3 is 10.2 Å². The Hall–Kier alpha value is -3.75. The molecule has 1 aliphatic rings. The molecule has 0 spiro atoms. The van der Waals surface area contributed by atoms with Crippen molar-refractivity contribution >= 4 is 23.2 Å². The largest absolute Gasteiger partial charge is 0.333 e. The van der Waals surface area contributed by atoms with Crippen molar-refractivity contribution in [3.63, 3.8) is 0 Å². The van der Waals surface area contributed by atoms with Crippen molar-refractivity contribution in [1.29, 1.82) is 0 Å². The molecule has 3 aromatic rings. The lowest BCUT2D eigenvalue weighted by Crippen LogP contribution is -2.44. The molecule has 8 nitrogen and oxygen atoms in total. The van der Waals surface area contributed by atoms with Crippen LogP contribution in [-0.4, -0.2) is 26.8 Å². The molecule has 1 aromatic heterocycles. The number of fused-ring (bicyclic) bond motifs is 1. The van der Waals surface area contributed by atoms with E-state index < -0.39 is 29.4 Å². The third-order valence-corrected chi connectivity index (χ3v) is 4.41. The molecule has 1 N–H and O–H groups in total. The summed E-state index contributed by atoms with van der Waals surface area (Å²) in [4.78, 5) is 38.8. The van der Waals surface area contributed by atoms with Crippen LogP contribution in [0.2, 0.25) is 0 Å². The number of benzene rings is 2. The minimum Gasteiger partial charge on any atom is -0.322 e. The van der Waals surface area contributed by atoms with E-state index in [4.69, 9.17) is 0 Å². The highest BCUT2D eigenvalue weighted by Crippen LogP contribution is 2.25. The lowest BCUT2D eigenvalue weighted by atomic mass is 10.3. The first-order valence-corrected chi connectivity index (χ1v) is 8.63. The van der Waals surface area contributed by atoms with Gasteiger partial charge in [0.15, 0.2) is 0 Å². The molecule has 142 valence electrons. The Morgan fingerprint density at radius 3 is 2.46 bits per heavy atom. The molecule has 0 aliphatic carbocycles. The van der Waals surface area contributed by atoms with E-state index >= 15 is 0 Å². The van der Waals surface area contributed by atoms with E-state index in [0.717, 1.165) is 10.4 Å². The predicted octanol–water partition coefficient (Wildman–Crippen LogP) is 1.33. The standard InChI is InChI=1S/C19H16FN5O3/c20-14-8-4-5-9-15(14)21-16(26)12-25-18(28)17(27)24-11-10-23(19(24)22-25)13-6-2-1-3-7-13/h1-9H,10-12H2,(H,21,26). The van der Waals surface area contributed by atoms with Gasteiger partial charge >= 0.3 is 11.1 Å². The lowest BCUT2D eigenvalue weighted by molar-refractivity contribution is -0.117. The number of carbonyl (C=O) groups is 1. The van der Waals surface area contributed by atoms with Gasteiger partial charge in [0.2, 0.25) is 11.9 Å². The predicted molar refractivity (Wildman–Crippen MR) is 101 cm³/mol. The monoisotopic (exact) mass is 381 g/mol. The first kappa shape index (κ1) is 17.7. The van der Waals surface area contributed by atoms with Gasteiger partial charge in [0.25, 0.3) is 0 Å². The summed E-state index contributed by atoms with van der Waals surface area (Å²) in [6.07, 6.45) is 0. The van der Waals surface area contributed by atoms with Gasteiger partial charge in [-0.15, -0.1) is 5.10 Å². The summed E-state index contributed by atoms with van der Waals surface area (Å²) < 4.78 is 15.8. The van der Waals surface area contributed by atoms with E-state index in [1.165, 1.54) is 22.8 Å². The number of hydrogen-bond acceptors (Lipinski definition) is 5. The van der Waals surface area contributed by atoms with Gasteiger partial charge in [0, 0.05) is 18.8 Å². The lowest BCUT2D eigenvalue weighted by Gasteiger charge is -2.17. The first-order valence-electron chi connectivity index (χ1n) is 8.63. The number of hydrogen-bond donors (Lipinski definition) is 1. The fourth-order valence-electron chi connectivity index (χ4n) is 3.07. The number of aromatic nitrogens is 3. The molecule has 0 bridgehead atoms. The molecule has 0 unspecified atom stereocenters. The van der Waals surface area contributed by atoms with Gasteiger partial charge in [0.1, 0.15) is 12.4 Å². The van der Waals surface area contributed by atoms with E-state index in [-0.39, 0.29) is 11.6 Å². The maximum absolute atomic E-state index is 13.7. The fourth-order valence-corrected chi connectivity index (χ4v) is 3.07. The summed E-state index contributed by atoms with van der Waals surface area (Å²) in [6, 6.07) is 15.0. The number of nitrogens with zero attached hydrogens (tertiary/aromatic N) is 4. The molecule has 0 radical (unpaired) electrons. The zero-order valence-electron chi connectivity index (χ0n) is 14.7. The minimum absolute atomic E-state index is 0.00987. The van der Waals surface area contributed by atoms with E-state index in [2.05, 4.69) is 10.4 Å². The van der Waals surface area contributed by atoms with Gasteiger partial charge in [-0.05, 0) is 24.3 Å². The van der Waals surface area contributed by atoms with Crippen LogP contribution in [-0.2, 0) is 17.9 Å². The third kappa shape index (κ3) is 3.18. The van der Waals surface area contributed by atoms with E-state index in [1.54, 1.807) is 11.0 Å². The molecule has 1 aliphatic heterocycles. The molecule has 2 heterocycles. The van der Waals surface area contributed by atoms with Crippen molar-refractivity contribution in [1.82, 2.24) is 14.3 Å². The number of amides is 1. The van der Waals surface area contributed by atoms with Crippen LogP contribution in [0, 0.1) is 5.82 Å². The fraction of sp³-hybridized carbons (Fsp3) is 0.158. The second-order valence-electron chi connectivity index (χ2n) is 6.23. The number of carbonyl (C=O) groups excluding carboxylic acids is 1. The number of anilines is 3.